The number of ketones is 1. The van der Waals surface area contributed by atoms with E-state index in [4.69, 9.17) is 14.2 Å². The van der Waals surface area contributed by atoms with Crippen molar-refractivity contribution in [3.05, 3.63) is 70.8 Å². The number of amides is 1. The predicted molar refractivity (Wildman–Crippen MR) is 154 cm³/mol. The first kappa shape index (κ1) is 32.4. The second-order valence-electron chi connectivity index (χ2n) is 9.97. The van der Waals surface area contributed by atoms with E-state index in [9.17, 15) is 14.4 Å². The summed E-state index contributed by atoms with van der Waals surface area (Å²) in [7, 11) is 1.43. The molecule has 0 radical (unpaired) electrons. The number of hydrogen-bond donors (Lipinski definition) is 2. The van der Waals surface area contributed by atoms with Gasteiger partial charge in [0, 0.05) is 42.5 Å². The van der Waals surface area contributed by atoms with Gasteiger partial charge in [0.1, 0.15) is 18.9 Å². The highest BCUT2D eigenvalue weighted by Gasteiger charge is 2.30. The summed E-state index contributed by atoms with van der Waals surface area (Å²) < 4.78 is 15.8. The number of carbonyl (C=O) groups is 3. The molecule has 212 valence electrons. The van der Waals surface area contributed by atoms with Crippen molar-refractivity contribution in [1.29, 1.82) is 0 Å². The van der Waals surface area contributed by atoms with Crippen LogP contribution in [0.3, 0.4) is 0 Å². The van der Waals surface area contributed by atoms with Gasteiger partial charge in [-0.25, -0.2) is 0 Å². The first-order chi connectivity index (χ1) is 19.1. The molecule has 1 saturated heterocycles. The number of nitrogens with one attached hydrogen (secondary N) is 2. The van der Waals surface area contributed by atoms with E-state index in [-0.39, 0.29) is 12.4 Å². The lowest BCUT2D eigenvalue weighted by molar-refractivity contribution is -0.132. The van der Waals surface area contributed by atoms with E-state index in [2.05, 4.69) is 34.3 Å². The topological polar surface area (TPSA) is 103 Å². The van der Waals surface area contributed by atoms with Crippen LogP contribution in [0.25, 0.3) is 0 Å². The largest absolute Gasteiger partial charge is 0.379 e. The standard InChI is InChI=1S/C28H29NO5.C4H9NO/c1-20(34-28(2,3)4)26(25(31)19-33-5)29-27(32)24-16-14-22(15-17-24)9-7-6-8-21-10-12-23(18-30)13-11-21;1-3-6-4-2-5-1/h10-18,20,26H,19H2,1-5H3,(H,29,32);5H,1-4H2/t20-,26+;/m1./s1. The molecule has 3 rings (SSSR count). The highest BCUT2D eigenvalue weighted by molar-refractivity contribution is 5.98. The van der Waals surface area contributed by atoms with Gasteiger partial charge in [0.05, 0.1) is 24.9 Å². The van der Waals surface area contributed by atoms with E-state index in [0.717, 1.165) is 38.2 Å². The zero-order valence-corrected chi connectivity index (χ0v) is 23.8. The van der Waals surface area contributed by atoms with E-state index in [1.54, 1.807) is 55.5 Å². The van der Waals surface area contributed by atoms with Crippen LogP contribution in [-0.4, -0.2) is 75.7 Å². The Labute approximate surface area is 237 Å². The van der Waals surface area contributed by atoms with Crippen molar-refractivity contribution in [2.24, 2.45) is 0 Å². The molecule has 40 heavy (non-hydrogen) atoms. The van der Waals surface area contributed by atoms with Gasteiger partial charge in [-0.15, -0.1) is 0 Å². The molecule has 1 fully saturated rings. The number of benzene rings is 2. The van der Waals surface area contributed by atoms with Gasteiger partial charge in [-0.2, -0.15) is 0 Å². The normalized spacial score (nSPS) is 14.0. The Morgan fingerprint density at radius 2 is 1.55 bits per heavy atom. The molecule has 8 nitrogen and oxygen atoms in total. The van der Waals surface area contributed by atoms with Crippen molar-refractivity contribution in [1.82, 2.24) is 10.6 Å². The van der Waals surface area contributed by atoms with Gasteiger partial charge < -0.3 is 24.8 Å². The maximum absolute atomic E-state index is 12.8. The third-order valence-electron chi connectivity index (χ3n) is 5.45. The molecule has 2 N–H and O–H groups in total. The zero-order chi connectivity index (χ0) is 29.4. The second-order valence-corrected chi connectivity index (χ2v) is 9.97. The molecule has 0 spiro atoms. The van der Waals surface area contributed by atoms with E-state index in [1.807, 2.05) is 20.8 Å². The smallest absolute Gasteiger partial charge is 0.251 e. The van der Waals surface area contributed by atoms with Crippen molar-refractivity contribution in [3.63, 3.8) is 0 Å². The van der Waals surface area contributed by atoms with Crippen LogP contribution >= 0.6 is 0 Å². The number of aldehydes is 1. The molecule has 1 aliphatic rings. The van der Waals surface area contributed by atoms with Gasteiger partial charge >= 0.3 is 0 Å². The zero-order valence-electron chi connectivity index (χ0n) is 23.8. The molecule has 2 aromatic rings. The maximum Gasteiger partial charge on any atom is 0.251 e. The fourth-order valence-corrected chi connectivity index (χ4v) is 3.61. The summed E-state index contributed by atoms with van der Waals surface area (Å²) in [6.07, 6.45) is 0.240. The molecule has 0 saturated carbocycles. The van der Waals surface area contributed by atoms with E-state index in [0.29, 0.717) is 16.7 Å². The van der Waals surface area contributed by atoms with E-state index in [1.165, 1.54) is 7.11 Å². The maximum atomic E-state index is 12.8. The number of carbonyl (C=O) groups excluding carboxylic acids is 3. The van der Waals surface area contributed by atoms with Gasteiger partial charge in [0.25, 0.3) is 5.91 Å². The Kier molecular flexibility index (Phi) is 13.8. The summed E-state index contributed by atoms with van der Waals surface area (Å²) in [6, 6.07) is 12.7. The number of methoxy groups -OCH3 is 1. The van der Waals surface area contributed by atoms with Gasteiger partial charge in [0.2, 0.25) is 0 Å². The molecule has 0 unspecified atom stereocenters. The number of morpholine rings is 1. The third-order valence-corrected chi connectivity index (χ3v) is 5.45. The molecule has 1 aliphatic heterocycles. The van der Waals surface area contributed by atoms with Crippen molar-refractivity contribution in [2.75, 3.05) is 40.0 Å². The summed E-state index contributed by atoms with van der Waals surface area (Å²) in [5.74, 6) is 10.7. The number of Topliss-reactive ketones (excluding diaryl/α,β-unsaturated/α-hetero) is 1. The number of ether oxygens (including phenoxy) is 3. The number of hydrogen-bond acceptors (Lipinski definition) is 7. The summed E-state index contributed by atoms with van der Waals surface area (Å²) in [5, 5.41) is 5.92. The Balaban J connectivity index is 0.000000821. The molecule has 1 heterocycles. The van der Waals surface area contributed by atoms with Crippen molar-refractivity contribution >= 4 is 18.0 Å². The quantitative estimate of drug-likeness (QED) is 0.388. The summed E-state index contributed by atoms with van der Waals surface area (Å²) >= 11 is 0. The van der Waals surface area contributed by atoms with Gasteiger partial charge in [-0.3, -0.25) is 14.4 Å². The first-order valence-corrected chi connectivity index (χ1v) is 13.1. The Morgan fingerprint density at radius 3 is 1.98 bits per heavy atom. The fraction of sp³-hybridized carbons (Fsp3) is 0.406. The van der Waals surface area contributed by atoms with Crippen LogP contribution in [0.1, 0.15) is 59.5 Å². The fourth-order valence-electron chi connectivity index (χ4n) is 3.61. The molecule has 0 aliphatic carbocycles. The minimum absolute atomic E-state index is 0.125. The minimum atomic E-state index is -0.845. The molecule has 0 bridgehead atoms. The third kappa shape index (κ3) is 12.4. The van der Waals surface area contributed by atoms with E-state index >= 15 is 0 Å². The molecular weight excluding hydrogens is 508 g/mol. The average molecular weight is 547 g/mol. The Morgan fingerprint density at radius 1 is 1.00 bits per heavy atom. The van der Waals surface area contributed by atoms with E-state index < -0.39 is 23.7 Å². The summed E-state index contributed by atoms with van der Waals surface area (Å²) in [5.41, 5.74) is 1.96. The lowest BCUT2D eigenvalue weighted by atomic mass is 10.0. The highest BCUT2D eigenvalue weighted by Crippen LogP contribution is 2.14. The van der Waals surface area contributed by atoms with Crippen LogP contribution in [0.5, 0.6) is 0 Å². The van der Waals surface area contributed by atoms with Gasteiger partial charge in [0.15, 0.2) is 5.78 Å². The lowest BCUT2D eigenvalue weighted by Gasteiger charge is -2.30. The molecule has 1 amide bonds. The predicted octanol–water partition coefficient (Wildman–Crippen LogP) is 3.03. The van der Waals surface area contributed by atoms with Crippen molar-refractivity contribution < 1.29 is 28.6 Å². The summed E-state index contributed by atoms with van der Waals surface area (Å²) in [6.45, 7) is 11.1. The van der Waals surface area contributed by atoms with Gasteiger partial charge in [-0.1, -0.05) is 24.0 Å². The number of rotatable bonds is 8. The summed E-state index contributed by atoms with van der Waals surface area (Å²) in [4.78, 5) is 36.0. The van der Waals surface area contributed by atoms with Crippen LogP contribution in [0.15, 0.2) is 48.5 Å². The highest BCUT2D eigenvalue weighted by atomic mass is 16.5. The molecular formula is C32H38N2O6. The van der Waals surface area contributed by atoms with Crippen LogP contribution in [-0.2, 0) is 19.0 Å². The SMILES string of the molecule is C1COCCN1.COCC(=O)[C@@H](NC(=O)c1ccc(C#CC#Cc2ccc(C=O)cc2)cc1)[C@@H](C)OC(C)(C)C. The van der Waals surface area contributed by atoms with Gasteiger partial charge in [-0.05, 0) is 75.9 Å². The lowest BCUT2D eigenvalue weighted by Crippen LogP contribution is -2.51. The molecule has 2 atom stereocenters. The van der Waals surface area contributed by atoms with Crippen LogP contribution < -0.4 is 10.6 Å². The average Bonchev–Trinajstić information content (AvgIpc) is 2.95. The molecule has 2 aromatic carbocycles. The monoisotopic (exact) mass is 546 g/mol. The van der Waals surface area contributed by atoms with Crippen LogP contribution in [0, 0.1) is 23.7 Å². The second kappa shape index (κ2) is 17.0. The van der Waals surface area contributed by atoms with Crippen molar-refractivity contribution in [3.8, 4) is 23.7 Å². The van der Waals surface area contributed by atoms with Crippen LogP contribution in [0.2, 0.25) is 0 Å². The Bertz CT molecular complexity index is 1210. The molecule has 8 heteroatoms. The Hall–Kier alpha value is -3.79. The molecule has 0 aromatic heterocycles. The van der Waals surface area contributed by atoms with Crippen LogP contribution in [0.4, 0.5) is 0 Å². The van der Waals surface area contributed by atoms with Crippen molar-refractivity contribution in [2.45, 2.75) is 45.4 Å². The first-order valence-electron chi connectivity index (χ1n) is 13.1. The minimum Gasteiger partial charge on any atom is -0.379 e.